The smallest absolute Gasteiger partial charge is 0.258 e. The van der Waals surface area contributed by atoms with Crippen LogP contribution in [-0.4, -0.2) is 59.0 Å². The van der Waals surface area contributed by atoms with Crippen LogP contribution in [0.15, 0.2) is 53.3 Å². The molecule has 0 unspecified atom stereocenters. The van der Waals surface area contributed by atoms with E-state index in [0.29, 0.717) is 61.6 Å². The first-order valence-corrected chi connectivity index (χ1v) is 11.0. The van der Waals surface area contributed by atoms with Crippen molar-refractivity contribution in [2.45, 2.75) is 26.1 Å². The number of carbonyl (C=O) groups excluding carboxylic acids is 2. The van der Waals surface area contributed by atoms with Crippen molar-refractivity contribution in [1.82, 2.24) is 25.5 Å². The second-order valence-electron chi connectivity index (χ2n) is 7.90. The van der Waals surface area contributed by atoms with E-state index < -0.39 is 6.10 Å². The van der Waals surface area contributed by atoms with E-state index in [-0.39, 0.29) is 17.4 Å². The Morgan fingerprint density at radius 3 is 2.88 bits per heavy atom. The molecule has 1 aliphatic heterocycles. The number of amides is 2. The van der Waals surface area contributed by atoms with Crippen LogP contribution in [0, 0.1) is 0 Å². The molecule has 2 amide bonds. The van der Waals surface area contributed by atoms with Gasteiger partial charge in [0.15, 0.2) is 0 Å². The summed E-state index contributed by atoms with van der Waals surface area (Å²) >= 11 is 0. The molecule has 1 saturated heterocycles. The van der Waals surface area contributed by atoms with Crippen molar-refractivity contribution in [1.29, 1.82) is 0 Å². The van der Waals surface area contributed by atoms with E-state index in [1.807, 2.05) is 30.0 Å². The molecular formula is C24H27N5O4. The maximum atomic E-state index is 12.7. The van der Waals surface area contributed by atoms with Gasteiger partial charge in [-0.2, -0.15) is 0 Å². The van der Waals surface area contributed by atoms with Gasteiger partial charge in [0.25, 0.3) is 17.4 Å². The first-order chi connectivity index (χ1) is 16.0. The minimum Gasteiger partial charge on any atom is -0.366 e. The summed E-state index contributed by atoms with van der Waals surface area (Å²) in [6.45, 7) is 4.56. The zero-order chi connectivity index (χ0) is 23.2. The van der Waals surface area contributed by atoms with Crippen molar-refractivity contribution in [2.75, 3.05) is 26.2 Å². The molecule has 1 atom stereocenters. The van der Waals surface area contributed by atoms with Crippen LogP contribution in [-0.2, 0) is 22.6 Å². The van der Waals surface area contributed by atoms with E-state index in [1.54, 1.807) is 30.3 Å². The number of para-hydroxylation sites is 1. The van der Waals surface area contributed by atoms with E-state index in [2.05, 4.69) is 20.6 Å². The van der Waals surface area contributed by atoms with Crippen molar-refractivity contribution in [3.8, 4) is 0 Å². The maximum Gasteiger partial charge on any atom is 0.258 e. The highest BCUT2D eigenvalue weighted by Gasteiger charge is 2.27. The highest BCUT2D eigenvalue weighted by Crippen LogP contribution is 2.11. The molecule has 3 N–H and O–H groups in total. The Hall–Kier alpha value is -3.56. The molecule has 3 aromatic rings. The van der Waals surface area contributed by atoms with Gasteiger partial charge in [0, 0.05) is 31.7 Å². The molecule has 2 heterocycles. The van der Waals surface area contributed by atoms with Crippen LogP contribution in [0.5, 0.6) is 0 Å². The van der Waals surface area contributed by atoms with Gasteiger partial charge in [0.2, 0.25) is 0 Å². The predicted molar refractivity (Wildman–Crippen MR) is 124 cm³/mol. The quantitative estimate of drug-likeness (QED) is 0.499. The number of fused-ring (bicyclic) bond motifs is 1. The molecule has 2 aromatic carbocycles. The van der Waals surface area contributed by atoms with Crippen molar-refractivity contribution in [2.24, 2.45) is 0 Å². The Labute approximate surface area is 191 Å². The molecule has 9 heteroatoms. The van der Waals surface area contributed by atoms with Gasteiger partial charge in [-0.1, -0.05) is 24.3 Å². The van der Waals surface area contributed by atoms with Crippen LogP contribution in [0.3, 0.4) is 0 Å². The van der Waals surface area contributed by atoms with Gasteiger partial charge in [-0.3, -0.25) is 19.3 Å². The third kappa shape index (κ3) is 5.63. The fourth-order valence-corrected chi connectivity index (χ4v) is 3.81. The predicted octanol–water partition coefficient (Wildman–Crippen LogP) is 1.19. The third-order valence-electron chi connectivity index (χ3n) is 5.47. The first-order valence-electron chi connectivity index (χ1n) is 11.0. The lowest BCUT2D eigenvalue weighted by molar-refractivity contribution is -0.139. The number of hydrogen-bond acceptors (Lipinski definition) is 6. The van der Waals surface area contributed by atoms with E-state index in [4.69, 9.17) is 4.74 Å². The summed E-state index contributed by atoms with van der Waals surface area (Å²) in [6.07, 6.45) is -0.627. The number of benzene rings is 2. The van der Waals surface area contributed by atoms with Gasteiger partial charge in [0.1, 0.15) is 11.9 Å². The first kappa shape index (κ1) is 22.6. The van der Waals surface area contributed by atoms with Crippen LogP contribution in [0.1, 0.15) is 28.7 Å². The second-order valence-corrected chi connectivity index (χ2v) is 7.90. The molecular weight excluding hydrogens is 422 g/mol. The molecule has 4 rings (SSSR count). The minimum absolute atomic E-state index is 0.141. The largest absolute Gasteiger partial charge is 0.366 e. The lowest BCUT2D eigenvalue weighted by Gasteiger charge is -2.31. The standard InChI is InChI=1S/C24H27N5O4/c1-2-25-22(30)17-7-5-6-16(12-17)13-26-24(32)20-14-29(10-11-33-20)15-21-27-19-9-4-3-8-18(19)23(31)28-21/h3-9,12,20H,2,10-11,13-15H2,1H3,(H,25,30)(H,26,32)(H,27,28,31)/t20-/m0/s1. The summed E-state index contributed by atoms with van der Waals surface area (Å²) in [5, 5.41) is 6.21. The van der Waals surface area contributed by atoms with Crippen LogP contribution in [0.4, 0.5) is 0 Å². The zero-order valence-electron chi connectivity index (χ0n) is 18.5. The number of morpholine rings is 1. The molecule has 1 aromatic heterocycles. The zero-order valence-corrected chi connectivity index (χ0v) is 18.5. The number of aromatic amines is 1. The number of hydrogen-bond donors (Lipinski definition) is 3. The van der Waals surface area contributed by atoms with Crippen LogP contribution in [0.25, 0.3) is 10.9 Å². The molecule has 9 nitrogen and oxygen atoms in total. The number of aromatic nitrogens is 2. The van der Waals surface area contributed by atoms with E-state index in [1.165, 1.54) is 0 Å². The van der Waals surface area contributed by atoms with E-state index in [9.17, 15) is 14.4 Å². The Morgan fingerprint density at radius 1 is 1.18 bits per heavy atom. The van der Waals surface area contributed by atoms with Crippen molar-refractivity contribution in [3.05, 3.63) is 75.8 Å². The second kappa shape index (κ2) is 10.4. The lowest BCUT2D eigenvalue weighted by Crippen LogP contribution is -2.49. The Kier molecular flexibility index (Phi) is 7.11. The summed E-state index contributed by atoms with van der Waals surface area (Å²) in [7, 11) is 0. The normalized spacial score (nSPS) is 16.5. The van der Waals surface area contributed by atoms with Crippen molar-refractivity contribution in [3.63, 3.8) is 0 Å². The molecule has 0 bridgehead atoms. The van der Waals surface area contributed by atoms with Gasteiger partial charge in [0.05, 0.1) is 24.1 Å². The Balaban J connectivity index is 1.35. The fourth-order valence-electron chi connectivity index (χ4n) is 3.81. The van der Waals surface area contributed by atoms with Crippen molar-refractivity contribution >= 4 is 22.7 Å². The van der Waals surface area contributed by atoms with E-state index in [0.717, 1.165) is 5.56 Å². The summed E-state index contributed by atoms with van der Waals surface area (Å²) in [5.41, 5.74) is 1.86. The third-order valence-corrected chi connectivity index (χ3v) is 5.47. The van der Waals surface area contributed by atoms with Crippen LogP contribution >= 0.6 is 0 Å². The van der Waals surface area contributed by atoms with Gasteiger partial charge in [-0.05, 0) is 36.8 Å². The molecule has 172 valence electrons. The maximum absolute atomic E-state index is 12.7. The van der Waals surface area contributed by atoms with Crippen molar-refractivity contribution < 1.29 is 14.3 Å². The molecule has 0 spiro atoms. The summed E-state index contributed by atoms with van der Waals surface area (Å²) in [6, 6.07) is 14.4. The number of H-pyrrole nitrogens is 1. The lowest BCUT2D eigenvalue weighted by atomic mass is 10.1. The molecule has 33 heavy (non-hydrogen) atoms. The number of nitrogens with one attached hydrogen (secondary N) is 3. The number of nitrogens with zero attached hydrogens (tertiary/aromatic N) is 2. The summed E-state index contributed by atoms with van der Waals surface area (Å²) in [5.74, 6) is 0.197. The number of ether oxygens (including phenoxy) is 1. The summed E-state index contributed by atoms with van der Waals surface area (Å²) < 4.78 is 5.67. The fraction of sp³-hybridized carbons (Fsp3) is 0.333. The summed E-state index contributed by atoms with van der Waals surface area (Å²) in [4.78, 5) is 46.4. The Morgan fingerprint density at radius 2 is 2.03 bits per heavy atom. The average molecular weight is 450 g/mol. The van der Waals surface area contributed by atoms with Gasteiger partial charge < -0.3 is 20.4 Å². The Bertz CT molecular complexity index is 1210. The molecule has 1 fully saturated rings. The van der Waals surface area contributed by atoms with Crippen LogP contribution in [0.2, 0.25) is 0 Å². The molecule has 1 aliphatic rings. The van der Waals surface area contributed by atoms with Gasteiger partial charge in [-0.15, -0.1) is 0 Å². The van der Waals surface area contributed by atoms with Gasteiger partial charge >= 0.3 is 0 Å². The number of carbonyl (C=O) groups is 2. The monoisotopic (exact) mass is 449 g/mol. The minimum atomic E-state index is -0.627. The SMILES string of the molecule is CCNC(=O)c1cccc(CNC(=O)[C@@H]2CN(Cc3nc4ccccc4c(=O)[nH]3)CCO2)c1. The molecule has 0 radical (unpaired) electrons. The van der Waals surface area contributed by atoms with Crippen LogP contribution < -0.4 is 16.2 Å². The highest BCUT2D eigenvalue weighted by molar-refractivity contribution is 5.94. The van der Waals surface area contributed by atoms with E-state index >= 15 is 0 Å². The number of rotatable bonds is 7. The molecule has 0 aliphatic carbocycles. The average Bonchev–Trinajstić information content (AvgIpc) is 2.83. The molecule has 0 saturated carbocycles. The topological polar surface area (TPSA) is 116 Å². The van der Waals surface area contributed by atoms with Gasteiger partial charge in [-0.25, -0.2) is 4.98 Å². The highest BCUT2D eigenvalue weighted by atomic mass is 16.5.